The second kappa shape index (κ2) is 10.3. The highest BCUT2D eigenvalue weighted by Crippen LogP contribution is 2.27. The van der Waals surface area contributed by atoms with Crippen LogP contribution in [0.4, 0.5) is 5.69 Å². The average molecular weight is 467 g/mol. The lowest BCUT2D eigenvalue weighted by atomic mass is 9.90. The Hall–Kier alpha value is -1.96. The fourth-order valence-corrected chi connectivity index (χ4v) is 3.08. The summed E-state index contributed by atoms with van der Waals surface area (Å²) < 4.78 is 10.8. The highest BCUT2D eigenvalue weighted by atomic mass is 127. The molecule has 0 saturated heterocycles. The Morgan fingerprint density at radius 3 is 2.58 bits per heavy atom. The number of rotatable bonds is 6. The average Bonchev–Trinajstić information content (AvgIpc) is 2.66. The van der Waals surface area contributed by atoms with Gasteiger partial charge in [-0.25, -0.2) is 4.99 Å². The summed E-state index contributed by atoms with van der Waals surface area (Å²) in [5, 5.41) is 3.24. The molecule has 0 radical (unpaired) electrons. The van der Waals surface area contributed by atoms with Gasteiger partial charge in [-0.15, -0.1) is 24.0 Å². The summed E-state index contributed by atoms with van der Waals surface area (Å²) in [5.41, 5.74) is 9.90. The number of nitrogens with zero attached hydrogens (tertiary/aromatic N) is 1. The molecule has 6 heteroatoms. The first kappa shape index (κ1) is 20.4. The summed E-state index contributed by atoms with van der Waals surface area (Å²) in [7, 11) is 1.64. The third-order valence-corrected chi connectivity index (χ3v) is 4.36. The highest BCUT2D eigenvalue weighted by molar-refractivity contribution is 14.0. The molecule has 0 saturated carbocycles. The van der Waals surface area contributed by atoms with Crippen LogP contribution < -0.4 is 20.5 Å². The van der Waals surface area contributed by atoms with Crippen molar-refractivity contribution in [3.05, 3.63) is 53.6 Å². The Bertz CT molecular complexity index is 732. The molecule has 0 bridgehead atoms. The van der Waals surface area contributed by atoms with Crippen LogP contribution in [0.2, 0.25) is 0 Å². The topological polar surface area (TPSA) is 68.9 Å². The van der Waals surface area contributed by atoms with Crippen LogP contribution in [0.3, 0.4) is 0 Å². The molecule has 26 heavy (non-hydrogen) atoms. The molecule has 0 aromatic heterocycles. The number of aryl methyl sites for hydroxylation is 1. The number of fused-ring (bicyclic) bond motifs is 1. The molecule has 2 aromatic carbocycles. The van der Waals surface area contributed by atoms with E-state index >= 15 is 0 Å². The van der Waals surface area contributed by atoms with Crippen LogP contribution in [0.1, 0.15) is 24.0 Å². The Kier molecular flexibility index (Phi) is 8.03. The number of guanidine groups is 1. The number of nitrogens with two attached hydrogens (primary N) is 1. The zero-order valence-electron chi connectivity index (χ0n) is 15.0. The van der Waals surface area contributed by atoms with Crippen LogP contribution in [-0.4, -0.2) is 26.2 Å². The molecule has 0 spiro atoms. The van der Waals surface area contributed by atoms with Crippen molar-refractivity contribution in [3.8, 4) is 11.5 Å². The van der Waals surface area contributed by atoms with Gasteiger partial charge in [0.25, 0.3) is 0 Å². The van der Waals surface area contributed by atoms with Crippen molar-refractivity contribution in [3.63, 3.8) is 0 Å². The minimum Gasteiger partial charge on any atom is -0.497 e. The van der Waals surface area contributed by atoms with E-state index in [1.807, 2.05) is 24.3 Å². The Morgan fingerprint density at radius 1 is 1.08 bits per heavy atom. The number of nitrogens with one attached hydrogen (secondary N) is 1. The number of halogens is 1. The number of benzene rings is 2. The summed E-state index contributed by atoms with van der Waals surface area (Å²) in [6, 6.07) is 13.8. The number of ether oxygens (including phenoxy) is 2. The SMILES string of the molecule is COc1ccc(OCCN=C(N)Nc2cccc3c2CCCC3)cc1.I. The van der Waals surface area contributed by atoms with Gasteiger partial charge < -0.3 is 20.5 Å². The number of aliphatic imine (C=N–C) groups is 1. The summed E-state index contributed by atoms with van der Waals surface area (Å²) in [4.78, 5) is 4.35. The van der Waals surface area contributed by atoms with Crippen molar-refractivity contribution in [2.24, 2.45) is 10.7 Å². The maximum atomic E-state index is 6.02. The third-order valence-electron chi connectivity index (χ3n) is 4.36. The van der Waals surface area contributed by atoms with Crippen molar-refractivity contribution >= 4 is 35.6 Å². The van der Waals surface area contributed by atoms with Crippen LogP contribution in [0.25, 0.3) is 0 Å². The highest BCUT2D eigenvalue weighted by Gasteiger charge is 2.12. The maximum Gasteiger partial charge on any atom is 0.193 e. The van der Waals surface area contributed by atoms with E-state index in [1.54, 1.807) is 7.11 Å². The lowest BCUT2D eigenvalue weighted by molar-refractivity contribution is 0.327. The molecule has 5 nitrogen and oxygen atoms in total. The molecule has 140 valence electrons. The Balaban J connectivity index is 0.00000243. The number of hydrogen-bond donors (Lipinski definition) is 2. The number of anilines is 1. The second-order valence-electron chi connectivity index (χ2n) is 6.07. The van der Waals surface area contributed by atoms with Crippen molar-refractivity contribution in [2.75, 3.05) is 25.6 Å². The standard InChI is InChI=1S/C20H25N3O2.HI/c1-24-16-9-11-17(12-10-16)25-14-13-22-20(21)23-19-8-4-6-15-5-2-3-7-18(15)19;/h4,6,8-12H,2-3,5,7,13-14H2,1H3,(H3,21,22,23);1H. The first-order valence-corrected chi connectivity index (χ1v) is 8.71. The van der Waals surface area contributed by atoms with Crippen molar-refractivity contribution in [2.45, 2.75) is 25.7 Å². The molecule has 0 heterocycles. The summed E-state index contributed by atoms with van der Waals surface area (Å²) in [6.07, 6.45) is 4.76. The van der Waals surface area contributed by atoms with E-state index in [4.69, 9.17) is 15.2 Å². The van der Waals surface area contributed by atoms with Crippen LogP contribution in [0.15, 0.2) is 47.5 Å². The minimum atomic E-state index is 0. The molecule has 0 aliphatic heterocycles. The van der Waals surface area contributed by atoms with Crippen molar-refractivity contribution in [1.82, 2.24) is 0 Å². The first-order chi connectivity index (χ1) is 12.3. The van der Waals surface area contributed by atoms with Gasteiger partial charge in [0.05, 0.1) is 13.7 Å². The van der Waals surface area contributed by atoms with Gasteiger partial charge >= 0.3 is 0 Å². The smallest absolute Gasteiger partial charge is 0.193 e. The van der Waals surface area contributed by atoms with Crippen molar-refractivity contribution < 1.29 is 9.47 Å². The zero-order valence-corrected chi connectivity index (χ0v) is 17.4. The molecule has 2 aromatic rings. The van der Waals surface area contributed by atoms with Crippen LogP contribution in [0, 0.1) is 0 Å². The molecule has 3 N–H and O–H groups in total. The fraction of sp³-hybridized carbons (Fsp3) is 0.350. The van der Waals surface area contributed by atoms with E-state index in [-0.39, 0.29) is 24.0 Å². The van der Waals surface area contributed by atoms with Crippen LogP contribution in [0.5, 0.6) is 11.5 Å². The van der Waals surface area contributed by atoms with Gasteiger partial charge in [-0.3, -0.25) is 0 Å². The van der Waals surface area contributed by atoms with E-state index in [0.717, 1.165) is 30.0 Å². The van der Waals surface area contributed by atoms with E-state index in [1.165, 1.54) is 24.0 Å². The van der Waals surface area contributed by atoms with E-state index < -0.39 is 0 Å². The lowest BCUT2D eigenvalue weighted by Gasteiger charge is -2.19. The Labute approximate surface area is 172 Å². The summed E-state index contributed by atoms with van der Waals surface area (Å²) in [5.74, 6) is 2.03. The maximum absolute atomic E-state index is 6.02. The molecular weight excluding hydrogens is 441 g/mol. The largest absolute Gasteiger partial charge is 0.497 e. The van der Waals surface area contributed by atoms with Gasteiger partial charge in [-0.2, -0.15) is 0 Å². The summed E-state index contributed by atoms with van der Waals surface area (Å²) >= 11 is 0. The van der Waals surface area contributed by atoms with Gasteiger partial charge in [-0.1, -0.05) is 12.1 Å². The summed E-state index contributed by atoms with van der Waals surface area (Å²) in [6.45, 7) is 0.974. The lowest BCUT2D eigenvalue weighted by Crippen LogP contribution is -2.25. The predicted octanol–water partition coefficient (Wildman–Crippen LogP) is 4.00. The molecule has 1 aliphatic rings. The van der Waals surface area contributed by atoms with Crippen molar-refractivity contribution in [1.29, 1.82) is 0 Å². The predicted molar refractivity (Wildman–Crippen MR) is 117 cm³/mol. The zero-order chi connectivity index (χ0) is 17.5. The van der Waals surface area contributed by atoms with Gasteiger partial charge in [-0.05, 0) is 67.1 Å². The molecule has 0 unspecified atom stereocenters. The molecule has 0 fully saturated rings. The quantitative estimate of drug-likeness (QED) is 0.292. The number of hydrogen-bond acceptors (Lipinski definition) is 3. The fourth-order valence-electron chi connectivity index (χ4n) is 3.08. The molecule has 0 atom stereocenters. The first-order valence-electron chi connectivity index (χ1n) is 8.71. The van der Waals surface area contributed by atoms with Crippen LogP contribution >= 0.6 is 24.0 Å². The molecular formula is C20H26IN3O2. The van der Waals surface area contributed by atoms with E-state index in [9.17, 15) is 0 Å². The molecule has 1 aliphatic carbocycles. The van der Waals surface area contributed by atoms with Gasteiger partial charge in [0.2, 0.25) is 0 Å². The van der Waals surface area contributed by atoms with Gasteiger partial charge in [0.1, 0.15) is 18.1 Å². The van der Waals surface area contributed by atoms with Crippen LogP contribution in [-0.2, 0) is 12.8 Å². The van der Waals surface area contributed by atoms with E-state index in [2.05, 4.69) is 28.5 Å². The molecule has 0 amide bonds. The number of methoxy groups -OCH3 is 1. The second-order valence-corrected chi connectivity index (χ2v) is 6.07. The van der Waals surface area contributed by atoms with Gasteiger partial charge in [0.15, 0.2) is 5.96 Å². The third kappa shape index (κ3) is 5.52. The Morgan fingerprint density at radius 2 is 1.81 bits per heavy atom. The van der Waals surface area contributed by atoms with Gasteiger partial charge in [0, 0.05) is 5.69 Å². The molecule has 3 rings (SSSR count). The monoisotopic (exact) mass is 467 g/mol. The minimum absolute atomic E-state index is 0. The van der Waals surface area contributed by atoms with E-state index in [0.29, 0.717) is 19.1 Å². The normalized spacial score (nSPS) is 13.3.